The molecule has 0 saturated heterocycles. The first-order valence-electron chi connectivity index (χ1n) is 6.13. The van der Waals surface area contributed by atoms with Crippen LogP contribution in [0.5, 0.6) is 0 Å². The van der Waals surface area contributed by atoms with E-state index in [0.717, 1.165) is 16.8 Å². The van der Waals surface area contributed by atoms with Crippen molar-refractivity contribution in [1.29, 1.82) is 0 Å². The van der Waals surface area contributed by atoms with Gasteiger partial charge in [-0.1, -0.05) is 48.6 Å². The fourth-order valence-corrected chi connectivity index (χ4v) is 1.65. The normalized spacial score (nSPS) is 13.7. The van der Waals surface area contributed by atoms with Gasteiger partial charge in [-0.2, -0.15) is 0 Å². The summed E-state index contributed by atoms with van der Waals surface area (Å²) in [7, 11) is 1.82. The monoisotopic (exact) mass is 239 g/mol. The number of hydrogen-bond acceptors (Lipinski definition) is 1. The van der Waals surface area contributed by atoms with Gasteiger partial charge in [0, 0.05) is 7.05 Å². The summed E-state index contributed by atoms with van der Waals surface area (Å²) in [5.74, 6) is 0. The summed E-state index contributed by atoms with van der Waals surface area (Å²) in [6.45, 7) is 10.1. The molecule has 0 unspecified atom stereocenters. The standard InChI is InChI=1S/C17H21N/c1-6-14(4)15(7-2)12-17(18-5)16-10-8-13(3)9-11-16/h6-12H,2H2,1,3-5H3/b14-6+,15-12+,18-17?. The van der Waals surface area contributed by atoms with Crippen molar-refractivity contribution in [2.45, 2.75) is 20.8 Å². The van der Waals surface area contributed by atoms with Crippen molar-refractivity contribution >= 4 is 5.71 Å². The first-order chi connectivity index (χ1) is 8.62. The van der Waals surface area contributed by atoms with Crippen molar-refractivity contribution in [3.8, 4) is 0 Å². The molecule has 0 fully saturated rings. The number of hydrogen-bond donors (Lipinski definition) is 0. The minimum atomic E-state index is 0.978. The molecule has 18 heavy (non-hydrogen) atoms. The van der Waals surface area contributed by atoms with Crippen molar-refractivity contribution in [3.05, 3.63) is 71.3 Å². The number of nitrogens with zero attached hydrogens (tertiary/aromatic N) is 1. The van der Waals surface area contributed by atoms with Gasteiger partial charge >= 0.3 is 0 Å². The van der Waals surface area contributed by atoms with E-state index in [0.29, 0.717) is 0 Å². The van der Waals surface area contributed by atoms with Gasteiger partial charge in [0.2, 0.25) is 0 Å². The summed E-state index contributed by atoms with van der Waals surface area (Å²) in [5, 5.41) is 0. The molecular formula is C17H21N. The third-order valence-corrected chi connectivity index (χ3v) is 2.99. The Bertz CT molecular complexity index is 499. The number of benzene rings is 1. The Morgan fingerprint density at radius 2 is 1.83 bits per heavy atom. The van der Waals surface area contributed by atoms with Crippen LogP contribution in [-0.2, 0) is 0 Å². The van der Waals surface area contributed by atoms with Crippen LogP contribution in [0.3, 0.4) is 0 Å². The molecule has 94 valence electrons. The van der Waals surface area contributed by atoms with Crippen molar-refractivity contribution in [2.24, 2.45) is 4.99 Å². The predicted octanol–water partition coefficient (Wildman–Crippen LogP) is 4.49. The molecule has 0 saturated carbocycles. The first kappa shape index (κ1) is 14.2. The number of aryl methyl sites for hydroxylation is 1. The highest BCUT2D eigenvalue weighted by Crippen LogP contribution is 2.13. The third-order valence-electron chi connectivity index (χ3n) is 2.99. The van der Waals surface area contributed by atoms with Gasteiger partial charge < -0.3 is 0 Å². The van der Waals surface area contributed by atoms with Crippen LogP contribution >= 0.6 is 0 Å². The van der Waals surface area contributed by atoms with Gasteiger partial charge in [0.15, 0.2) is 0 Å². The van der Waals surface area contributed by atoms with Gasteiger partial charge in [0.05, 0.1) is 5.71 Å². The van der Waals surface area contributed by atoms with Crippen molar-refractivity contribution in [1.82, 2.24) is 0 Å². The van der Waals surface area contributed by atoms with Crippen LogP contribution in [0.1, 0.15) is 25.0 Å². The van der Waals surface area contributed by atoms with Gasteiger partial charge in [-0.15, -0.1) is 0 Å². The van der Waals surface area contributed by atoms with Crippen molar-refractivity contribution in [3.63, 3.8) is 0 Å². The molecule has 0 spiro atoms. The van der Waals surface area contributed by atoms with Gasteiger partial charge in [-0.3, -0.25) is 4.99 Å². The van der Waals surface area contributed by atoms with Gasteiger partial charge in [-0.25, -0.2) is 0 Å². The van der Waals surface area contributed by atoms with Crippen LogP contribution in [0.25, 0.3) is 0 Å². The number of aliphatic imine (C=N–C) groups is 1. The minimum Gasteiger partial charge on any atom is -0.288 e. The van der Waals surface area contributed by atoms with Crippen molar-refractivity contribution < 1.29 is 0 Å². The first-order valence-corrected chi connectivity index (χ1v) is 6.13. The zero-order valence-corrected chi connectivity index (χ0v) is 11.7. The highest BCUT2D eigenvalue weighted by atomic mass is 14.7. The van der Waals surface area contributed by atoms with Crippen LogP contribution in [0.2, 0.25) is 0 Å². The van der Waals surface area contributed by atoms with E-state index in [2.05, 4.69) is 61.8 Å². The van der Waals surface area contributed by atoms with Gasteiger partial charge in [-0.05, 0) is 43.6 Å². The molecule has 1 aromatic carbocycles. The second-order valence-corrected chi connectivity index (χ2v) is 4.25. The van der Waals surface area contributed by atoms with Crippen LogP contribution in [0.4, 0.5) is 0 Å². The SMILES string of the molecule is C=CC(=C\C(=NC)c1ccc(C)cc1)/C(C)=C/C. The molecule has 0 aliphatic carbocycles. The molecule has 0 aromatic heterocycles. The lowest BCUT2D eigenvalue weighted by atomic mass is 10.0. The van der Waals surface area contributed by atoms with Crippen molar-refractivity contribution in [2.75, 3.05) is 7.05 Å². The lowest BCUT2D eigenvalue weighted by Crippen LogP contribution is -1.98. The summed E-state index contributed by atoms with van der Waals surface area (Å²) in [5.41, 5.74) is 5.68. The molecule has 0 N–H and O–H groups in total. The molecule has 1 aromatic rings. The highest BCUT2D eigenvalue weighted by molar-refractivity contribution is 6.09. The maximum absolute atomic E-state index is 4.36. The van der Waals surface area contributed by atoms with Crippen LogP contribution in [0, 0.1) is 6.92 Å². The number of allylic oxidation sites excluding steroid dienone is 5. The zero-order valence-electron chi connectivity index (χ0n) is 11.7. The van der Waals surface area contributed by atoms with E-state index < -0.39 is 0 Å². The smallest absolute Gasteiger partial charge is 0.0649 e. The van der Waals surface area contributed by atoms with Gasteiger partial charge in [0.1, 0.15) is 0 Å². The lowest BCUT2D eigenvalue weighted by molar-refractivity contribution is 1.38. The van der Waals surface area contributed by atoms with E-state index in [1.807, 2.05) is 20.0 Å². The zero-order chi connectivity index (χ0) is 13.5. The van der Waals surface area contributed by atoms with E-state index in [-0.39, 0.29) is 0 Å². The second kappa shape index (κ2) is 6.75. The van der Waals surface area contributed by atoms with E-state index in [9.17, 15) is 0 Å². The molecule has 1 nitrogen and oxygen atoms in total. The molecule has 1 rings (SSSR count). The molecule has 0 heterocycles. The molecular weight excluding hydrogens is 218 g/mol. The van der Waals surface area contributed by atoms with Crippen LogP contribution < -0.4 is 0 Å². The Kier molecular flexibility index (Phi) is 5.31. The quantitative estimate of drug-likeness (QED) is 0.542. The summed E-state index contributed by atoms with van der Waals surface area (Å²) < 4.78 is 0. The Labute approximate surface area is 110 Å². The molecule has 0 amide bonds. The lowest BCUT2D eigenvalue weighted by Gasteiger charge is -2.06. The van der Waals surface area contributed by atoms with E-state index in [1.54, 1.807) is 0 Å². The summed E-state index contributed by atoms with van der Waals surface area (Å²) in [6, 6.07) is 8.40. The maximum Gasteiger partial charge on any atom is 0.0649 e. The van der Waals surface area contributed by atoms with E-state index >= 15 is 0 Å². The largest absolute Gasteiger partial charge is 0.288 e. The summed E-state index contributed by atoms with van der Waals surface area (Å²) in [6.07, 6.45) is 6.03. The topological polar surface area (TPSA) is 12.4 Å². The number of rotatable bonds is 4. The Morgan fingerprint density at radius 1 is 1.22 bits per heavy atom. The highest BCUT2D eigenvalue weighted by Gasteiger charge is 2.02. The molecule has 1 heteroatoms. The molecule has 0 bridgehead atoms. The minimum absolute atomic E-state index is 0.978. The fraction of sp³-hybridized carbons (Fsp3) is 0.235. The maximum atomic E-state index is 4.36. The summed E-state index contributed by atoms with van der Waals surface area (Å²) in [4.78, 5) is 4.36. The molecule has 0 radical (unpaired) electrons. The Hall–Kier alpha value is -1.89. The Morgan fingerprint density at radius 3 is 2.28 bits per heavy atom. The van der Waals surface area contributed by atoms with Crippen LogP contribution in [-0.4, -0.2) is 12.8 Å². The van der Waals surface area contributed by atoms with Gasteiger partial charge in [0.25, 0.3) is 0 Å². The fourth-order valence-electron chi connectivity index (χ4n) is 1.65. The summed E-state index contributed by atoms with van der Waals surface area (Å²) >= 11 is 0. The van der Waals surface area contributed by atoms with E-state index in [1.165, 1.54) is 11.1 Å². The average Bonchev–Trinajstić information content (AvgIpc) is 2.41. The molecule has 0 aliphatic rings. The average molecular weight is 239 g/mol. The molecule has 0 atom stereocenters. The van der Waals surface area contributed by atoms with Crippen LogP contribution in [0.15, 0.2) is 65.2 Å². The predicted molar refractivity (Wildman–Crippen MR) is 81.4 cm³/mol. The van der Waals surface area contributed by atoms with E-state index in [4.69, 9.17) is 0 Å². The third kappa shape index (κ3) is 3.56. The Balaban J connectivity index is 3.16. The molecule has 0 aliphatic heterocycles. The second-order valence-electron chi connectivity index (χ2n) is 4.25.